The second-order valence-electron chi connectivity index (χ2n) is 10.7. The minimum absolute atomic E-state index is 0.0405. The van der Waals surface area contributed by atoms with Gasteiger partial charge in [0.05, 0.1) is 6.04 Å². The molecule has 3 rings (SSSR count). The van der Waals surface area contributed by atoms with E-state index in [0.29, 0.717) is 31.0 Å². The number of likely N-dealkylation sites (N-methyl/N-ethyl adjacent to an activating group) is 1. The highest BCUT2D eigenvalue weighted by Gasteiger charge is 2.33. The van der Waals surface area contributed by atoms with E-state index in [2.05, 4.69) is 16.0 Å². The third-order valence-corrected chi connectivity index (χ3v) is 7.87. The number of aryl methyl sites for hydroxylation is 1. The fraction of sp³-hybridized carbons (Fsp3) is 0.516. The molecule has 9 heteroatoms. The predicted octanol–water partition coefficient (Wildman–Crippen LogP) is 3.75. The smallest absolute Gasteiger partial charge is 0.243 e. The van der Waals surface area contributed by atoms with Crippen LogP contribution in [0.5, 0.6) is 5.75 Å². The van der Waals surface area contributed by atoms with E-state index in [1.165, 1.54) is 4.90 Å². The van der Waals surface area contributed by atoms with E-state index in [9.17, 15) is 14.4 Å². The van der Waals surface area contributed by atoms with Crippen molar-refractivity contribution in [1.29, 1.82) is 0 Å². The number of nitrogens with one attached hydrogen (secondary N) is 3. The summed E-state index contributed by atoms with van der Waals surface area (Å²) in [5, 5.41) is 9.88. The standard InChI is InChI=1S/C31H43ClN4O4/c1-6-20(2)28-31(39)36(5)22(4)29(37)35-26(18-23-13-15-25(32)16-14-23)30(38)33-17-9-11-24-10-7-8-12-27(24)40-21(3)19-34-28/h7-8,10,12-16,20-22,26,28,34H,6,9,11,17-19H2,1-5H3,(H,33,38)(H,35,37)/t20?,21-,22-,26-,28+/m1/s1. The number of hydrogen-bond donors (Lipinski definition) is 3. The summed E-state index contributed by atoms with van der Waals surface area (Å²) < 4.78 is 6.27. The van der Waals surface area contributed by atoms with Gasteiger partial charge in [0.15, 0.2) is 0 Å². The Morgan fingerprint density at radius 3 is 2.45 bits per heavy atom. The molecule has 5 atom stereocenters. The van der Waals surface area contributed by atoms with Gasteiger partial charge in [-0.2, -0.15) is 0 Å². The summed E-state index contributed by atoms with van der Waals surface area (Å²) in [5.41, 5.74) is 1.92. The van der Waals surface area contributed by atoms with Gasteiger partial charge in [-0.1, -0.05) is 62.2 Å². The SMILES string of the molecule is CCC(C)[C@@H]1NC[C@@H](C)Oc2ccccc2CCCNC(=O)[C@@H](Cc2ccc(Cl)cc2)NC(=O)[C@@H](C)N(C)C1=O. The first-order valence-corrected chi connectivity index (χ1v) is 14.6. The third kappa shape index (κ3) is 8.70. The predicted molar refractivity (Wildman–Crippen MR) is 158 cm³/mol. The fourth-order valence-electron chi connectivity index (χ4n) is 4.70. The Hall–Kier alpha value is -3.10. The van der Waals surface area contributed by atoms with Crippen molar-refractivity contribution >= 4 is 29.3 Å². The summed E-state index contributed by atoms with van der Waals surface area (Å²) in [6, 6.07) is 13.0. The van der Waals surface area contributed by atoms with Gasteiger partial charge in [0, 0.05) is 31.6 Å². The molecule has 1 heterocycles. The number of para-hydroxylation sites is 1. The number of ether oxygens (including phenoxy) is 1. The minimum Gasteiger partial charge on any atom is -0.489 e. The molecule has 1 aliphatic heterocycles. The van der Waals surface area contributed by atoms with E-state index in [-0.39, 0.29) is 29.7 Å². The number of rotatable bonds is 4. The number of amides is 3. The van der Waals surface area contributed by atoms with Gasteiger partial charge in [0.2, 0.25) is 17.7 Å². The highest BCUT2D eigenvalue weighted by molar-refractivity contribution is 6.30. The van der Waals surface area contributed by atoms with Gasteiger partial charge in [0.1, 0.15) is 23.9 Å². The number of halogens is 1. The number of nitrogens with zero attached hydrogens (tertiary/aromatic N) is 1. The zero-order chi connectivity index (χ0) is 29.2. The molecule has 2 aromatic carbocycles. The summed E-state index contributed by atoms with van der Waals surface area (Å²) in [4.78, 5) is 41.7. The van der Waals surface area contributed by atoms with Gasteiger partial charge < -0.3 is 25.6 Å². The molecule has 218 valence electrons. The van der Waals surface area contributed by atoms with E-state index < -0.39 is 18.1 Å². The van der Waals surface area contributed by atoms with Crippen LogP contribution in [0.2, 0.25) is 5.02 Å². The maximum Gasteiger partial charge on any atom is 0.243 e. The maximum absolute atomic E-state index is 13.6. The van der Waals surface area contributed by atoms with E-state index >= 15 is 0 Å². The quantitative estimate of drug-likeness (QED) is 0.520. The molecule has 0 aromatic heterocycles. The summed E-state index contributed by atoms with van der Waals surface area (Å²) in [6.45, 7) is 8.63. The van der Waals surface area contributed by atoms with Gasteiger partial charge >= 0.3 is 0 Å². The number of benzene rings is 2. The van der Waals surface area contributed by atoms with E-state index in [1.54, 1.807) is 26.1 Å². The monoisotopic (exact) mass is 570 g/mol. The Morgan fingerprint density at radius 1 is 1.05 bits per heavy atom. The summed E-state index contributed by atoms with van der Waals surface area (Å²) in [6.07, 6.45) is 2.34. The Morgan fingerprint density at radius 2 is 1.75 bits per heavy atom. The number of fused-ring (bicyclic) bond motifs is 1. The number of carbonyl (C=O) groups excluding carboxylic acids is 3. The Labute approximate surface area is 243 Å². The highest BCUT2D eigenvalue weighted by Crippen LogP contribution is 2.21. The summed E-state index contributed by atoms with van der Waals surface area (Å²) >= 11 is 6.04. The van der Waals surface area contributed by atoms with Crippen molar-refractivity contribution in [2.24, 2.45) is 5.92 Å². The molecule has 0 bridgehead atoms. The van der Waals surface area contributed by atoms with Crippen LogP contribution in [0.15, 0.2) is 48.5 Å². The van der Waals surface area contributed by atoms with Crippen molar-refractivity contribution in [3.05, 3.63) is 64.7 Å². The molecule has 3 amide bonds. The lowest BCUT2D eigenvalue weighted by Crippen LogP contribution is -2.57. The molecule has 0 saturated carbocycles. The topological polar surface area (TPSA) is 99.8 Å². The number of hydrogen-bond acceptors (Lipinski definition) is 5. The van der Waals surface area contributed by atoms with E-state index in [1.807, 2.05) is 57.2 Å². The van der Waals surface area contributed by atoms with Crippen molar-refractivity contribution in [3.63, 3.8) is 0 Å². The van der Waals surface area contributed by atoms with Crippen molar-refractivity contribution in [3.8, 4) is 5.75 Å². The second kappa shape index (κ2) is 15.1. The normalized spacial score (nSPS) is 24.6. The minimum atomic E-state index is -0.807. The van der Waals surface area contributed by atoms with Crippen molar-refractivity contribution < 1.29 is 19.1 Å². The van der Waals surface area contributed by atoms with Gasteiger partial charge in [0.25, 0.3) is 0 Å². The van der Waals surface area contributed by atoms with Crippen LogP contribution < -0.4 is 20.7 Å². The molecule has 0 saturated heterocycles. The molecule has 1 unspecified atom stereocenters. The van der Waals surface area contributed by atoms with E-state index in [4.69, 9.17) is 16.3 Å². The maximum atomic E-state index is 13.6. The van der Waals surface area contributed by atoms with Crippen LogP contribution in [-0.4, -0.2) is 67.0 Å². The van der Waals surface area contributed by atoms with Crippen LogP contribution in [0, 0.1) is 5.92 Å². The summed E-state index contributed by atoms with van der Waals surface area (Å²) in [5.74, 6) is -0.0000614. The molecular weight excluding hydrogens is 528 g/mol. The zero-order valence-corrected chi connectivity index (χ0v) is 25.0. The lowest BCUT2D eigenvalue weighted by molar-refractivity contribution is -0.141. The van der Waals surface area contributed by atoms with Crippen molar-refractivity contribution in [1.82, 2.24) is 20.9 Å². The van der Waals surface area contributed by atoms with Gasteiger partial charge in [-0.15, -0.1) is 0 Å². The van der Waals surface area contributed by atoms with Crippen LogP contribution in [-0.2, 0) is 27.2 Å². The van der Waals surface area contributed by atoms with Gasteiger partial charge in [-0.3, -0.25) is 14.4 Å². The summed E-state index contributed by atoms with van der Waals surface area (Å²) in [7, 11) is 1.63. The zero-order valence-electron chi connectivity index (χ0n) is 24.2. The molecule has 2 aromatic rings. The molecule has 40 heavy (non-hydrogen) atoms. The number of carbonyl (C=O) groups is 3. The molecule has 0 fully saturated rings. The van der Waals surface area contributed by atoms with Crippen LogP contribution in [0.1, 0.15) is 51.7 Å². The fourth-order valence-corrected chi connectivity index (χ4v) is 4.83. The first-order valence-electron chi connectivity index (χ1n) is 14.2. The van der Waals surface area contributed by atoms with Gasteiger partial charge in [-0.25, -0.2) is 0 Å². The molecule has 0 radical (unpaired) electrons. The van der Waals surface area contributed by atoms with E-state index in [0.717, 1.165) is 29.7 Å². The highest BCUT2D eigenvalue weighted by atomic mass is 35.5. The molecule has 0 aliphatic carbocycles. The Kier molecular flexibility index (Phi) is 11.8. The van der Waals surface area contributed by atoms with Crippen molar-refractivity contribution in [2.45, 2.75) is 77.6 Å². The van der Waals surface area contributed by atoms with Crippen molar-refractivity contribution in [2.75, 3.05) is 20.1 Å². The van der Waals surface area contributed by atoms with Crippen LogP contribution in [0.25, 0.3) is 0 Å². The third-order valence-electron chi connectivity index (χ3n) is 7.62. The molecule has 0 spiro atoms. The first-order chi connectivity index (χ1) is 19.1. The lowest BCUT2D eigenvalue weighted by Gasteiger charge is -2.33. The largest absolute Gasteiger partial charge is 0.489 e. The first kappa shape index (κ1) is 31.4. The average molecular weight is 571 g/mol. The van der Waals surface area contributed by atoms with Crippen LogP contribution in [0.3, 0.4) is 0 Å². The second-order valence-corrected chi connectivity index (χ2v) is 11.2. The van der Waals surface area contributed by atoms with Crippen LogP contribution in [0.4, 0.5) is 0 Å². The average Bonchev–Trinajstić information content (AvgIpc) is 2.95. The molecule has 8 nitrogen and oxygen atoms in total. The Balaban J connectivity index is 1.88. The molecule has 3 N–H and O–H groups in total. The van der Waals surface area contributed by atoms with Crippen LogP contribution >= 0.6 is 11.6 Å². The lowest BCUT2D eigenvalue weighted by atomic mass is 9.97. The molecule has 1 aliphatic rings. The molecular formula is C31H43ClN4O4. The Bertz CT molecular complexity index is 1140. The van der Waals surface area contributed by atoms with Gasteiger partial charge in [-0.05, 0) is 61.9 Å².